The fourth-order valence-corrected chi connectivity index (χ4v) is 3.97. The largest absolute Gasteiger partial charge is 0.370 e. The van der Waals surface area contributed by atoms with Gasteiger partial charge in [-0.05, 0) is 33.1 Å². The molecule has 1 fully saturated rings. The van der Waals surface area contributed by atoms with Gasteiger partial charge in [0.1, 0.15) is 5.82 Å². The number of ether oxygens (including phenoxy) is 1. The molecule has 3 heterocycles. The SMILES string of the molecule is CC1=CC2(CCN(C(=O)c3cnc(C)nc3-c3ccccc3)CC2)OCC1. The molecule has 1 aromatic heterocycles. The summed E-state index contributed by atoms with van der Waals surface area (Å²) in [4.78, 5) is 24.0. The predicted octanol–water partition coefficient (Wildman–Crippen LogP) is 3.79. The van der Waals surface area contributed by atoms with Gasteiger partial charge >= 0.3 is 0 Å². The first-order valence-electron chi connectivity index (χ1n) is 9.57. The van der Waals surface area contributed by atoms with Crippen molar-refractivity contribution in [2.24, 2.45) is 0 Å². The molecule has 1 saturated heterocycles. The molecule has 1 spiro atoms. The Morgan fingerprint density at radius 2 is 1.89 bits per heavy atom. The van der Waals surface area contributed by atoms with Crippen LogP contribution in [0.25, 0.3) is 11.3 Å². The molecule has 0 bridgehead atoms. The second kappa shape index (κ2) is 7.24. The number of aromatic nitrogens is 2. The van der Waals surface area contributed by atoms with Gasteiger partial charge in [-0.1, -0.05) is 42.0 Å². The highest BCUT2D eigenvalue weighted by molar-refractivity contribution is 5.99. The zero-order valence-electron chi connectivity index (χ0n) is 15.9. The number of nitrogens with zero attached hydrogens (tertiary/aromatic N) is 3. The number of aryl methyl sites for hydroxylation is 1. The maximum Gasteiger partial charge on any atom is 0.257 e. The molecule has 5 heteroatoms. The van der Waals surface area contributed by atoms with Crippen LogP contribution in [0.15, 0.2) is 48.2 Å². The van der Waals surface area contributed by atoms with Crippen LogP contribution < -0.4 is 0 Å². The van der Waals surface area contributed by atoms with E-state index < -0.39 is 0 Å². The van der Waals surface area contributed by atoms with E-state index in [1.807, 2.05) is 42.2 Å². The molecule has 1 aromatic carbocycles. The van der Waals surface area contributed by atoms with Gasteiger partial charge in [0.15, 0.2) is 0 Å². The summed E-state index contributed by atoms with van der Waals surface area (Å²) >= 11 is 0. The van der Waals surface area contributed by atoms with Crippen LogP contribution in [0.2, 0.25) is 0 Å². The van der Waals surface area contributed by atoms with Crippen molar-refractivity contribution < 1.29 is 9.53 Å². The highest BCUT2D eigenvalue weighted by Gasteiger charge is 2.37. The molecule has 5 nitrogen and oxygen atoms in total. The minimum atomic E-state index is -0.189. The molecule has 27 heavy (non-hydrogen) atoms. The third-order valence-electron chi connectivity index (χ3n) is 5.48. The molecule has 140 valence electrons. The molecule has 0 saturated carbocycles. The minimum Gasteiger partial charge on any atom is -0.370 e. The number of hydrogen-bond donors (Lipinski definition) is 0. The van der Waals surface area contributed by atoms with Crippen LogP contribution >= 0.6 is 0 Å². The first kappa shape index (κ1) is 17.9. The van der Waals surface area contributed by atoms with Crippen LogP contribution in [0.5, 0.6) is 0 Å². The standard InChI is InChI=1S/C22H25N3O2/c1-16-8-13-27-22(14-16)9-11-25(12-10-22)21(26)19-15-23-17(2)24-20(19)18-6-4-3-5-7-18/h3-7,14-15H,8-13H2,1-2H3. The number of benzene rings is 1. The monoisotopic (exact) mass is 363 g/mol. The molecule has 0 aliphatic carbocycles. The molecule has 1 amide bonds. The van der Waals surface area contributed by atoms with Crippen LogP contribution in [0.1, 0.15) is 42.4 Å². The van der Waals surface area contributed by atoms with Gasteiger partial charge in [0, 0.05) is 24.8 Å². The molecule has 2 aliphatic heterocycles. The van der Waals surface area contributed by atoms with Crippen molar-refractivity contribution in [1.82, 2.24) is 14.9 Å². The molecule has 0 unspecified atom stereocenters. The normalized spacial score (nSPS) is 19.0. The molecule has 0 N–H and O–H groups in total. The van der Waals surface area contributed by atoms with Crippen molar-refractivity contribution in [1.29, 1.82) is 0 Å². The van der Waals surface area contributed by atoms with Crippen LogP contribution in [0.3, 0.4) is 0 Å². The highest BCUT2D eigenvalue weighted by atomic mass is 16.5. The molecule has 0 atom stereocenters. The van der Waals surface area contributed by atoms with Crippen LogP contribution in [-0.4, -0.2) is 46.1 Å². The number of amides is 1. The Balaban J connectivity index is 1.57. The van der Waals surface area contributed by atoms with Crippen molar-refractivity contribution in [3.05, 3.63) is 59.6 Å². The van der Waals surface area contributed by atoms with Crippen LogP contribution in [0.4, 0.5) is 0 Å². The third-order valence-corrected chi connectivity index (χ3v) is 5.48. The van der Waals surface area contributed by atoms with Gasteiger partial charge in [-0.15, -0.1) is 0 Å². The smallest absolute Gasteiger partial charge is 0.257 e. The topological polar surface area (TPSA) is 55.3 Å². The number of carbonyl (C=O) groups excluding carboxylic acids is 1. The molecule has 2 aliphatic rings. The summed E-state index contributed by atoms with van der Waals surface area (Å²) in [5, 5.41) is 0. The average Bonchev–Trinajstić information content (AvgIpc) is 2.69. The number of rotatable bonds is 2. The molecular formula is C22H25N3O2. The van der Waals surface area contributed by atoms with E-state index in [-0.39, 0.29) is 11.5 Å². The number of carbonyl (C=O) groups is 1. The Morgan fingerprint density at radius 1 is 1.15 bits per heavy atom. The molecule has 4 rings (SSSR count). The maximum absolute atomic E-state index is 13.2. The Morgan fingerprint density at radius 3 is 2.59 bits per heavy atom. The number of piperidine rings is 1. The summed E-state index contributed by atoms with van der Waals surface area (Å²) in [5.74, 6) is 0.666. The fraction of sp³-hybridized carbons (Fsp3) is 0.409. The third kappa shape index (κ3) is 3.65. The Kier molecular flexibility index (Phi) is 4.79. The molecular weight excluding hydrogens is 338 g/mol. The zero-order valence-corrected chi connectivity index (χ0v) is 15.9. The van der Waals surface area contributed by atoms with Crippen molar-refractivity contribution in [2.75, 3.05) is 19.7 Å². The van der Waals surface area contributed by atoms with Crippen molar-refractivity contribution in [3.8, 4) is 11.3 Å². The van der Waals surface area contributed by atoms with Gasteiger partial charge in [-0.2, -0.15) is 0 Å². The summed E-state index contributed by atoms with van der Waals surface area (Å²) in [6.45, 7) is 6.16. The number of likely N-dealkylation sites (tertiary alicyclic amines) is 1. The van der Waals surface area contributed by atoms with Gasteiger partial charge < -0.3 is 9.64 Å². The van der Waals surface area contributed by atoms with Crippen molar-refractivity contribution in [3.63, 3.8) is 0 Å². The van der Waals surface area contributed by atoms with E-state index in [0.717, 1.165) is 31.4 Å². The van der Waals surface area contributed by atoms with Crippen LogP contribution in [0, 0.1) is 6.92 Å². The van der Waals surface area contributed by atoms with Crippen molar-refractivity contribution >= 4 is 5.91 Å². The number of hydrogen-bond acceptors (Lipinski definition) is 4. The lowest BCUT2D eigenvalue weighted by molar-refractivity contribution is -0.0522. The van der Waals surface area contributed by atoms with Gasteiger partial charge in [0.25, 0.3) is 5.91 Å². The summed E-state index contributed by atoms with van der Waals surface area (Å²) < 4.78 is 6.08. The van der Waals surface area contributed by atoms with E-state index in [0.29, 0.717) is 30.2 Å². The van der Waals surface area contributed by atoms with Gasteiger partial charge in [-0.25, -0.2) is 9.97 Å². The molecule has 0 radical (unpaired) electrons. The minimum absolute atomic E-state index is 0.000198. The van der Waals surface area contributed by atoms with Gasteiger partial charge in [-0.3, -0.25) is 4.79 Å². The van der Waals surface area contributed by atoms with E-state index in [1.165, 1.54) is 5.57 Å². The quantitative estimate of drug-likeness (QED) is 0.762. The summed E-state index contributed by atoms with van der Waals surface area (Å²) in [6.07, 6.45) is 6.61. The van der Waals surface area contributed by atoms with Crippen molar-refractivity contribution in [2.45, 2.75) is 38.7 Å². The summed E-state index contributed by atoms with van der Waals surface area (Å²) in [6, 6.07) is 9.84. The lowest BCUT2D eigenvalue weighted by atomic mass is 9.86. The Labute approximate surface area is 160 Å². The summed E-state index contributed by atoms with van der Waals surface area (Å²) in [7, 11) is 0. The van der Waals surface area contributed by atoms with E-state index in [9.17, 15) is 4.79 Å². The van der Waals surface area contributed by atoms with Crippen LogP contribution in [-0.2, 0) is 4.74 Å². The Hall–Kier alpha value is -2.53. The molecule has 2 aromatic rings. The van der Waals surface area contributed by atoms with E-state index >= 15 is 0 Å². The first-order valence-corrected chi connectivity index (χ1v) is 9.57. The lowest BCUT2D eigenvalue weighted by Crippen LogP contribution is -2.48. The average molecular weight is 363 g/mol. The Bertz CT molecular complexity index is 868. The summed E-state index contributed by atoms with van der Waals surface area (Å²) in [5.41, 5.74) is 3.41. The second-order valence-corrected chi connectivity index (χ2v) is 7.49. The van der Waals surface area contributed by atoms with Gasteiger partial charge in [0.2, 0.25) is 0 Å². The second-order valence-electron chi connectivity index (χ2n) is 7.49. The first-order chi connectivity index (χ1) is 13.1. The fourth-order valence-electron chi connectivity index (χ4n) is 3.97. The van der Waals surface area contributed by atoms with E-state index in [2.05, 4.69) is 23.0 Å². The zero-order chi connectivity index (χ0) is 18.9. The predicted molar refractivity (Wildman–Crippen MR) is 104 cm³/mol. The van der Waals surface area contributed by atoms with Gasteiger partial charge in [0.05, 0.1) is 23.5 Å². The highest BCUT2D eigenvalue weighted by Crippen LogP contribution is 2.34. The lowest BCUT2D eigenvalue weighted by Gasteiger charge is -2.42. The van der Waals surface area contributed by atoms with E-state index in [1.54, 1.807) is 6.20 Å². The van der Waals surface area contributed by atoms with E-state index in [4.69, 9.17) is 4.74 Å². The maximum atomic E-state index is 13.2.